The number of aromatic nitrogens is 4. The Bertz CT molecular complexity index is 1570. The number of benzene rings is 1. The van der Waals surface area contributed by atoms with Gasteiger partial charge in [-0.05, 0) is 43.5 Å². The molecular weight excluding hydrogens is 524 g/mol. The molecule has 2 atom stereocenters. The maximum absolute atomic E-state index is 12.7. The minimum absolute atomic E-state index is 0.0189. The number of aliphatic hydroxyl groups excluding tert-OH is 1. The number of β-amino-alcohol motifs (C(OH)–C–C–N with tert-alkyl or cyclic N) is 1. The van der Waals surface area contributed by atoms with Gasteiger partial charge in [0.1, 0.15) is 16.6 Å². The van der Waals surface area contributed by atoms with E-state index in [4.69, 9.17) is 15.0 Å². The number of amides is 1. The number of fused-ring (bicyclic) bond motifs is 3. The molecule has 2 saturated heterocycles. The van der Waals surface area contributed by atoms with Crippen molar-refractivity contribution in [3.05, 3.63) is 53.3 Å². The monoisotopic (exact) mass is 558 g/mol. The highest BCUT2D eigenvalue weighted by Crippen LogP contribution is 2.35. The maximum Gasteiger partial charge on any atom is 0.253 e. The number of aryl methyl sites for hydroxylation is 2. The number of likely N-dealkylation sites (tertiary alicyclic amines) is 1. The van der Waals surface area contributed by atoms with Gasteiger partial charge in [0.25, 0.3) is 5.91 Å². The number of hydrogen-bond acceptors (Lipinski definition) is 10. The van der Waals surface area contributed by atoms with Crippen molar-refractivity contribution in [2.24, 2.45) is 0 Å². The van der Waals surface area contributed by atoms with Crippen LogP contribution in [0.3, 0.4) is 0 Å². The molecule has 2 bridgehead atoms. The predicted octanol–water partition coefficient (Wildman–Crippen LogP) is 3.72. The smallest absolute Gasteiger partial charge is 0.253 e. The number of nitrogens with one attached hydrogen (secondary N) is 1. The molecule has 1 aromatic carbocycles. The van der Waals surface area contributed by atoms with E-state index in [0.29, 0.717) is 29.3 Å². The molecule has 0 unspecified atom stereocenters. The van der Waals surface area contributed by atoms with E-state index in [1.54, 1.807) is 30.3 Å². The fourth-order valence-electron chi connectivity index (χ4n) is 5.70. The van der Waals surface area contributed by atoms with Crippen LogP contribution < -0.4 is 10.2 Å². The minimum Gasteiger partial charge on any atom is -0.395 e. The van der Waals surface area contributed by atoms with Crippen LogP contribution in [-0.4, -0.2) is 93.2 Å². The lowest BCUT2D eigenvalue weighted by atomic mass is 10.0. The van der Waals surface area contributed by atoms with Crippen LogP contribution in [0.1, 0.15) is 35.0 Å². The molecule has 1 amide bonds. The molecule has 2 fully saturated rings. The summed E-state index contributed by atoms with van der Waals surface area (Å²) in [7, 11) is 3.53. The molecule has 2 aliphatic heterocycles. The second-order valence-electron chi connectivity index (χ2n) is 10.8. The minimum atomic E-state index is -0.0189. The largest absolute Gasteiger partial charge is 0.395 e. The molecule has 0 saturated carbocycles. The van der Waals surface area contributed by atoms with Gasteiger partial charge in [0, 0.05) is 81.0 Å². The van der Waals surface area contributed by atoms with Crippen LogP contribution in [0.15, 0.2) is 36.5 Å². The number of anilines is 3. The molecule has 0 radical (unpaired) electrons. The number of nitrogens with zero attached hydrogens (tertiary/aromatic N) is 7. The molecule has 5 heterocycles. The summed E-state index contributed by atoms with van der Waals surface area (Å²) in [6.07, 6.45) is 3.75. The van der Waals surface area contributed by atoms with Crippen LogP contribution in [0.25, 0.3) is 20.8 Å². The van der Waals surface area contributed by atoms with Crippen molar-refractivity contribution in [1.82, 2.24) is 29.7 Å². The lowest BCUT2D eigenvalue weighted by Gasteiger charge is -2.34. The van der Waals surface area contributed by atoms with E-state index in [1.807, 2.05) is 37.4 Å². The summed E-state index contributed by atoms with van der Waals surface area (Å²) in [5.41, 5.74) is 4.44. The summed E-state index contributed by atoms with van der Waals surface area (Å²) in [5, 5.41) is 13.6. The fourth-order valence-corrected chi connectivity index (χ4v) is 6.60. The maximum atomic E-state index is 12.7. The summed E-state index contributed by atoms with van der Waals surface area (Å²) < 4.78 is 0.975. The van der Waals surface area contributed by atoms with Crippen molar-refractivity contribution in [3.63, 3.8) is 0 Å². The molecule has 40 heavy (non-hydrogen) atoms. The van der Waals surface area contributed by atoms with E-state index < -0.39 is 0 Å². The molecule has 0 spiro atoms. The summed E-state index contributed by atoms with van der Waals surface area (Å²) >= 11 is 1.57. The fraction of sp³-hybridized carbons (Fsp3) is 0.414. The first-order valence-electron chi connectivity index (χ1n) is 13.7. The van der Waals surface area contributed by atoms with Gasteiger partial charge in [0.2, 0.25) is 5.95 Å². The van der Waals surface area contributed by atoms with Crippen molar-refractivity contribution < 1.29 is 9.90 Å². The standard InChI is InChI=1S/C29H34N8O2S/c1-5-18-9-19(11-20(10-18)28(39)35(3)4)27-32-23-13-25(30-14-24(23)40-27)33-26-8-17(2)31-29(34-26)37-16-21-12-22(37)15-36(21)6-7-38/h8-11,13-14,21-22,38H,5-7,12,15-16H2,1-4H3,(H,30,31,33,34)/t21-,22-/m0/s1. The van der Waals surface area contributed by atoms with Gasteiger partial charge in [0.15, 0.2) is 0 Å². The van der Waals surface area contributed by atoms with Crippen molar-refractivity contribution >= 4 is 45.0 Å². The van der Waals surface area contributed by atoms with Crippen molar-refractivity contribution in [3.8, 4) is 10.6 Å². The molecule has 10 nitrogen and oxygen atoms in total. The Balaban J connectivity index is 1.24. The Hall–Kier alpha value is -3.67. The Labute approximate surface area is 237 Å². The van der Waals surface area contributed by atoms with Gasteiger partial charge in [-0.25, -0.2) is 15.0 Å². The SMILES string of the molecule is CCc1cc(C(=O)N(C)C)cc(-c2nc3cc(Nc4cc(C)nc(N5C[C@@H]6C[C@H]5CN6CCO)n4)ncc3s2)c1. The van der Waals surface area contributed by atoms with Crippen LogP contribution in [0, 0.1) is 6.92 Å². The second kappa shape index (κ2) is 10.7. The van der Waals surface area contributed by atoms with Crippen LogP contribution >= 0.6 is 11.3 Å². The zero-order valence-electron chi connectivity index (χ0n) is 23.3. The first kappa shape index (κ1) is 26.5. The van der Waals surface area contributed by atoms with Crippen LogP contribution in [-0.2, 0) is 6.42 Å². The van der Waals surface area contributed by atoms with Gasteiger partial charge in [-0.3, -0.25) is 9.69 Å². The lowest BCUT2D eigenvalue weighted by molar-refractivity contribution is 0.0827. The molecule has 2 aliphatic rings. The number of carbonyl (C=O) groups is 1. The van der Waals surface area contributed by atoms with Crippen molar-refractivity contribution in [1.29, 1.82) is 0 Å². The molecule has 6 rings (SSSR count). The zero-order chi connectivity index (χ0) is 28.0. The Morgan fingerprint density at radius 1 is 1.10 bits per heavy atom. The quantitative estimate of drug-likeness (QED) is 0.334. The lowest BCUT2D eigenvalue weighted by Crippen LogP contribution is -2.47. The summed E-state index contributed by atoms with van der Waals surface area (Å²) in [4.78, 5) is 38.0. The van der Waals surface area contributed by atoms with Gasteiger partial charge in [0.05, 0.1) is 16.8 Å². The van der Waals surface area contributed by atoms with E-state index >= 15 is 0 Å². The van der Waals surface area contributed by atoms with Crippen molar-refractivity contribution in [2.45, 2.75) is 38.8 Å². The highest BCUT2D eigenvalue weighted by molar-refractivity contribution is 7.21. The number of pyridine rings is 1. The topological polar surface area (TPSA) is 111 Å². The Morgan fingerprint density at radius 3 is 2.67 bits per heavy atom. The first-order valence-corrected chi connectivity index (χ1v) is 14.5. The number of hydrogen-bond donors (Lipinski definition) is 2. The number of aliphatic hydroxyl groups is 1. The number of rotatable bonds is 8. The number of carbonyl (C=O) groups excluding carboxylic acids is 1. The summed E-state index contributed by atoms with van der Waals surface area (Å²) in [6, 6.07) is 10.7. The van der Waals surface area contributed by atoms with Gasteiger partial charge in [-0.1, -0.05) is 6.92 Å². The Morgan fingerprint density at radius 2 is 1.95 bits per heavy atom. The Kier molecular flexibility index (Phi) is 7.11. The molecule has 2 N–H and O–H groups in total. The zero-order valence-corrected chi connectivity index (χ0v) is 24.1. The van der Waals surface area contributed by atoms with Gasteiger partial charge in [-0.15, -0.1) is 11.3 Å². The molecular formula is C29H34N8O2S. The van der Waals surface area contributed by atoms with Gasteiger partial charge >= 0.3 is 0 Å². The third-order valence-electron chi connectivity index (χ3n) is 7.67. The van der Waals surface area contributed by atoms with Gasteiger partial charge < -0.3 is 20.2 Å². The van der Waals surface area contributed by atoms with E-state index in [-0.39, 0.29) is 12.5 Å². The molecule has 11 heteroatoms. The van der Waals surface area contributed by atoms with Gasteiger partial charge in [-0.2, -0.15) is 4.98 Å². The summed E-state index contributed by atoms with van der Waals surface area (Å²) in [6.45, 7) is 6.79. The molecule has 208 valence electrons. The first-order chi connectivity index (χ1) is 19.3. The van der Waals surface area contributed by atoms with Crippen molar-refractivity contribution in [2.75, 3.05) is 50.6 Å². The van der Waals surface area contributed by atoms with E-state index in [1.165, 1.54) is 0 Å². The number of piperazine rings is 1. The van der Waals surface area contributed by atoms with Crippen LogP contribution in [0.2, 0.25) is 0 Å². The average Bonchev–Trinajstić information content (AvgIpc) is 3.66. The highest BCUT2D eigenvalue weighted by atomic mass is 32.1. The van der Waals surface area contributed by atoms with E-state index in [9.17, 15) is 9.90 Å². The number of thiazole rings is 1. The molecule has 3 aromatic heterocycles. The highest BCUT2D eigenvalue weighted by Gasteiger charge is 2.44. The van der Waals surface area contributed by atoms with Crippen LogP contribution in [0.4, 0.5) is 17.6 Å². The third-order valence-corrected chi connectivity index (χ3v) is 8.73. The molecule has 4 aromatic rings. The summed E-state index contributed by atoms with van der Waals surface area (Å²) in [5.74, 6) is 2.07. The molecule has 0 aliphatic carbocycles. The van der Waals surface area contributed by atoms with E-state index in [2.05, 4.69) is 33.1 Å². The normalized spacial score (nSPS) is 18.6. The second-order valence-corrected chi connectivity index (χ2v) is 11.8. The van der Waals surface area contributed by atoms with E-state index in [0.717, 1.165) is 70.5 Å². The van der Waals surface area contributed by atoms with Crippen LogP contribution in [0.5, 0.6) is 0 Å². The average molecular weight is 559 g/mol. The third kappa shape index (κ3) is 5.12. The predicted molar refractivity (Wildman–Crippen MR) is 158 cm³/mol.